The Bertz CT molecular complexity index is 453. The summed E-state index contributed by atoms with van der Waals surface area (Å²) < 4.78 is 11.7. The molecule has 0 aliphatic rings. The van der Waals surface area contributed by atoms with Crippen molar-refractivity contribution in [1.29, 1.82) is 0 Å². The molecule has 0 radical (unpaired) electrons. The summed E-state index contributed by atoms with van der Waals surface area (Å²) in [4.78, 5) is 10.2. The van der Waals surface area contributed by atoms with Gasteiger partial charge in [0.25, 0.3) is 5.69 Å². The third kappa shape index (κ3) is 4.23. The van der Waals surface area contributed by atoms with Gasteiger partial charge in [0.2, 0.25) is 0 Å². The lowest BCUT2D eigenvalue weighted by molar-refractivity contribution is -0.385. The molecular weight excluding hydrogens is 355 g/mol. The Balaban J connectivity index is 2.71. The molecule has 0 saturated heterocycles. The zero-order valence-electron chi connectivity index (χ0n) is 9.47. The highest BCUT2D eigenvalue weighted by molar-refractivity contribution is 14.1. The van der Waals surface area contributed by atoms with Crippen LogP contribution in [0.5, 0.6) is 0 Å². The lowest BCUT2D eigenvalue weighted by Crippen LogP contribution is -2.20. The molecule has 0 fully saturated rings. The third-order valence-electron chi connectivity index (χ3n) is 2.30. The summed E-state index contributed by atoms with van der Waals surface area (Å²) in [5, 5.41) is 13.8. The molecule has 0 spiro atoms. The summed E-state index contributed by atoms with van der Waals surface area (Å²) in [6.07, 6.45) is 1.66. The van der Waals surface area contributed by atoms with E-state index in [0.717, 1.165) is 5.69 Å². The van der Waals surface area contributed by atoms with Crippen LogP contribution in [-0.4, -0.2) is 27.2 Å². The molecule has 5 nitrogen and oxygen atoms in total. The van der Waals surface area contributed by atoms with Gasteiger partial charge in [-0.15, -0.1) is 0 Å². The van der Waals surface area contributed by atoms with Gasteiger partial charge in [0.15, 0.2) is 0 Å². The molecule has 17 heavy (non-hydrogen) atoms. The SMILES string of the molecule is CC(CNc1ccc([N+](=O)[O-])c(I)c1)S(C)=O. The number of halogens is 1. The van der Waals surface area contributed by atoms with Gasteiger partial charge in [-0.25, -0.2) is 0 Å². The first-order valence-corrected chi connectivity index (χ1v) is 7.62. The Morgan fingerprint density at radius 1 is 1.59 bits per heavy atom. The molecule has 1 aromatic rings. The van der Waals surface area contributed by atoms with E-state index in [-0.39, 0.29) is 10.9 Å². The molecule has 0 aromatic heterocycles. The minimum Gasteiger partial charge on any atom is -0.384 e. The number of nitro groups is 1. The third-order valence-corrected chi connectivity index (χ3v) is 4.47. The maximum absolute atomic E-state index is 11.2. The molecule has 0 saturated carbocycles. The monoisotopic (exact) mass is 368 g/mol. The summed E-state index contributed by atoms with van der Waals surface area (Å²) in [5.41, 5.74) is 0.903. The Kier molecular flexibility index (Phi) is 5.31. The molecule has 0 aliphatic carbocycles. The van der Waals surface area contributed by atoms with Crippen molar-refractivity contribution < 1.29 is 9.13 Å². The Labute approximate surface area is 116 Å². The van der Waals surface area contributed by atoms with Gasteiger partial charge in [-0.1, -0.05) is 0 Å². The van der Waals surface area contributed by atoms with E-state index in [1.165, 1.54) is 6.07 Å². The minimum absolute atomic E-state index is 0.0443. The van der Waals surface area contributed by atoms with Crippen molar-refractivity contribution >= 4 is 44.8 Å². The van der Waals surface area contributed by atoms with Crippen molar-refractivity contribution in [3.63, 3.8) is 0 Å². The molecule has 0 amide bonds. The van der Waals surface area contributed by atoms with Gasteiger partial charge < -0.3 is 5.32 Å². The van der Waals surface area contributed by atoms with Crippen LogP contribution in [0.3, 0.4) is 0 Å². The summed E-state index contributed by atoms with van der Waals surface area (Å²) in [6.45, 7) is 2.47. The summed E-state index contributed by atoms with van der Waals surface area (Å²) in [5.74, 6) is 0. The topological polar surface area (TPSA) is 72.2 Å². The highest BCUT2D eigenvalue weighted by Gasteiger charge is 2.12. The average Bonchev–Trinajstić information content (AvgIpc) is 2.25. The fourth-order valence-electron chi connectivity index (χ4n) is 1.14. The second-order valence-electron chi connectivity index (χ2n) is 3.61. The number of hydrogen-bond acceptors (Lipinski definition) is 4. The smallest absolute Gasteiger partial charge is 0.282 e. The molecule has 7 heteroatoms. The van der Waals surface area contributed by atoms with E-state index in [2.05, 4.69) is 5.32 Å². The van der Waals surface area contributed by atoms with Gasteiger partial charge in [-0.3, -0.25) is 14.3 Å². The fourth-order valence-corrected chi connectivity index (χ4v) is 2.17. The van der Waals surface area contributed by atoms with Gasteiger partial charge >= 0.3 is 0 Å². The molecular formula is C10H13IN2O3S. The largest absolute Gasteiger partial charge is 0.384 e. The first kappa shape index (κ1) is 14.4. The number of nitrogens with zero attached hydrogens (tertiary/aromatic N) is 1. The number of anilines is 1. The number of rotatable bonds is 5. The van der Waals surface area contributed by atoms with Crippen LogP contribution in [0.25, 0.3) is 0 Å². The molecule has 94 valence electrons. The van der Waals surface area contributed by atoms with Crippen molar-refractivity contribution in [3.8, 4) is 0 Å². The highest BCUT2D eigenvalue weighted by Crippen LogP contribution is 2.24. The zero-order chi connectivity index (χ0) is 13.0. The summed E-state index contributed by atoms with van der Waals surface area (Å²) >= 11 is 1.93. The van der Waals surface area contributed by atoms with Crippen LogP contribution < -0.4 is 5.32 Å². The molecule has 2 atom stereocenters. The van der Waals surface area contributed by atoms with Crippen LogP contribution in [0.15, 0.2) is 18.2 Å². The van der Waals surface area contributed by atoms with Crippen LogP contribution >= 0.6 is 22.6 Å². The number of hydrogen-bond donors (Lipinski definition) is 1. The lowest BCUT2D eigenvalue weighted by atomic mass is 10.3. The molecule has 0 bridgehead atoms. The van der Waals surface area contributed by atoms with Crippen molar-refractivity contribution in [3.05, 3.63) is 31.9 Å². The van der Waals surface area contributed by atoms with Gasteiger partial charge in [-0.2, -0.15) is 0 Å². The quantitative estimate of drug-likeness (QED) is 0.492. The van der Waals surface area contributed by atoms with Crippen LogP contribution in [-0.2, 0) is 10.8 Å². The van der Waals surface area contributed by atoms with E-state index in [4.69, 9.17) is 0 Å². The maximum Gasteiger partial charge on any atom is 0.282 e. The lowest BCUT2D eigenvalue weighted by Gasteiger charge is -2.11. The highest BCUT2D eigenvalue weighted by atomic mass is 127. The number of nitro benzene ring substituents is 1. The maximum atomic E-state index is 11.2. The molecule has 1 aromatic carbocycles. The normalized spacial score (nSPS) is 14.1. The van der Waals surface area contributed by atoms with Crippen molar-refractivity contribution in [2.75, 3.05) is 18.1 Å². The van der Waals surface area contributed by atoms with E-state index < -0.39 is 15.7 Å². The standard InChI is InChI=1S/C10H13IN2O3S/c1-7(17(2)16)6-12-8-3-4-10(13(14)15)9(11)5-8/h3-5,7,12H,6H2,1-2H3. The van der Waals surface area contributed by atoms with Gasteiger partial charge in [0.05, 0.1) is 8.49 Å². The predicted octanol–water partition coefficient (Wildman–Crippen LogP) is 2.38. The van der Waals surface area contributed by atoms with Crippen LogP contribution in [0, 0.1) is 13.7 Å². The van der Waals surface area contributed by atoms with Crippen molar-refractivity contribution in [1.82, 2.24) is 0 Å². The van der Waals surface area contributed by atoms with E-state index in [9.17, 15) is 14.3 Å². The summed E-state index contributed by atoms with van der Waals surface area (Å²) in [7, 11) is -0.874. The predicted molar refractivity (Wildman–Crippen MR) is 77.8 cm³/mol. The Hall–Kier alpha value is -0.700. The second-order valence-corrected chi connectivity index (χ2v) is 6.58. The van der Waals surface area contributed by atoms with Crippen LogP contribution in [0.4, 0.5) is 11.4 Å². The first-order chi connectivity index (χ1) is 7.91. The Morgan fingerprint density at radius 3 is 2.71 bits per heavy atom. The Morgan fingerprint density at radius 2 is 2.24 bits per heavy atom. The number of benzene rings is 1. The molecule has 0 aliphatic heterocycles. The van der Waals surface area contributed by atoms with Crippen molar-refractivity contribution in [2.24, 2.45) is 0 Å². The van der Waals surface area contributed by atoms with E-state index >= 15 is 0 Å². The fraction of sp³-hybridized carbons (Fsp3) is 0.400. The van der Waals surface area contributed by atoms with Gasteiger partial charge in [0.1, 0.15) is 0 Å². The van der Waals surface area contributed by atoms with Crippen LogP contribution in [0.1, 0.15) is 6.92 Å². The van der Waals surface area contributed by atoms with Crippen molar-refractivity contribution in [2.45, 2.75) is 12.2 Å². The zero-order valence-corrected chi connectivity index (χ0v) is 12.4. The average molecular weight is 368 g/mol. The second kappa shape index (κ2) is 6.29. The molecule has 1 rings (SSSR count). The van der Waals surface area contributed by atoms with E-state index in [1.54, 1.807) is 18.4 Å². The van der Waals surface area contributed by atoms with E-state index in [1.807, 2.05) is 29.5 Å². The van der Waals surface area contributed by atoms with Gasteiger partial charge in [0, 0.05) is 40.6 Å². The first-order valence-electron chi connectivity index (χ1n) is 4.92. The number of nitrogens with one attached hydrogen (secondary N) is 1. The summed E-state index contributed by atoms with van der Waals surface area (Å²) in [6, 6.07) is 4.84. The van der Waals surface area contributed by atoms with Gasteiger partial charge in [-0.05, 0) is 41.6 Å². The van der Waals surface area contributed by atoms with E-state index in [0.29, 0.717) is 10.1 Å². The molecule has 0 heterocycles. The van der Waals surface area contributed by atoms with Crippen LogP contribution in [0.2, 0.25) is 0 Å². The molecule has 2 unspecified atom stereocenters. The molecule has 1 N–H and O–H groups in total. The minimum atomic E-state index is -0.874.